The van der Waals surface area contributed by atoms with Crippen molar-refractivity contribution in [2.75, 3.05) is 17.7 Å². The Balaban J connectivity index is 2.19. The largest absolute Gasteiger partial charge is 0.373 e. The normalized spacial score (nSPS) is 11.5. The number of rotatable bonds is 5. The molecule has 114 valence electrons. The van der Waals surface area contributed by atoms with Crippen LogP contribution < -0.4 is 10.6 Å². The van der Waals surface area contributed by atoms with E-state index in [0.717, 1.165) is 30.4 Å². The van der Waals surface area contributed by atoms with Crippen LogP contribution >= 0.6 is 11.3 Å². The number of anilines is 2. The molecule has 0 fully saturated rings. The molecule has 0 aliphatic rings. The lowest BCUT2D eigenvalue weighted by atomic mass is 9.96. The highest BCUT2D eigenvalue weighted by atomic mass is 32.1. The monoisotopic (exact) mass is 304 g/mol. The van der Waals surface area contributed by atoms with E-state index in [1.165, 1.54) is 10.4 Å². The Morgan fingerprint density at radius 2 is 1.90 bits per heavy atom. The van der Waals surface area contributed by atoms with Crippen LogP contribution in [0.1, 0.15) is 44.0 Å². The average Bonchev–Trinajstić information content (AvgIpc) is 2.91. The van der Waals surface area contributed by atoms with Gasteiger partial charge in [0.2, 0.25) is 0 Å². The molecule has 0 amide bonds. The molecule has 0 radical (unpaired) electrons. The fraction of sp³-hybridized carbons (Fsp3) is 0.500. The van der Waals surface area contributed by atoms with E-state index in [0.29, 0.717) is 0 Å². The van der Waals surface area contributed by atoms with E-state index in [4.69, 9.17) is 0 Å². The van der Waals surface area contributed by atoms with Crippen molar-refractivity contribution in [1.29, 1.82) is 0 Å². The van der Waals surface area contributed by atoms with Crippen molar-refractivity contribution in [3.05, 3.63) is 33.8 Å². The van der Waals surface area contributed by atoms with Crippen molar-refractivity contribution in [2.45, 2.75) is 46.1 Å². The van der Waals surface area contributed by atoms with E-state index in [2.05, 4.69) is 59.7 Å². The summed E-state index contributed by atoms with van der Waals surface area (Å²) in [6.07, 6.45) is 1.07. The Bertz CT molecular complexity index is 599. The topological polar surface area (TPSA) is 49.8 Å². The lowest BCUT2D eigenvalue weighted by Crippen LogP contribution is -2.18. The van der Waals surface area contributed by atoms with Crippen LogP contribution in [-0.4, -0.2) is 17.0 Å². The van der Waals surface area contributed by atoms with E-state index in [1.807, 2.05) is 13.1 Å². The predicted octanol–water partition coefficient (Wildman–Crippen LogP) is 4.05. The van der Waals surface area contributed by atoms with Gasteiger partial charge in [0.05, 0.1) is 6.54 Å². The van der Waals surface area contributed by atoms with E-state index in [-0.39, 0.29) is 5.41 Å². The molecule has 0 saturated heterocycles. The SMILES string of the molecule is CCc1ccsc1CNc1cc(NC)nc(C(C)(C)C)n1. The number of hydrogen-bond donors (Lipinski definition) is 2. The van der Waals surface area contributed by atoms with Crippen LogP contribution in [0.25, 0.3) is 0 Å². The molecule has 2 heterocycles. The molecular weight excluding hydrogens is 280 g/mol. The van der Waals surface area contributed by atoms with E-state index < -0.39 is 0 Å². The molecule has 0 saturated carbocycles. The molecule has 0 aromatic carbocycles. The van der Waals surface area contributed by atoms with Crippen LogP contribution in [0.4, 0.5) is 11.6 Å². The molecule has 0 unspecified atom stereocenters. The summed E-state index contributed by atoms with van der Waals surface area (Å²) in [5.74, 6) is 2.56. The van der Waals surface area contributed by atoms with Gasteiger partial charge in [0, 0.05) is 23.4 Å². The zero-order chi connectivity index (χ0) is 15.5. The summed E-state index contributed by atoms with van der Waals surface area (Å²) in [4.78, 5) is 10.6. The van der Waals surface area contributed by atoms with Gasteiger partial charge in [-0.15, -0.1) is 11.3 Å². The highest BCUT2D eigenvalue weighted by molar-refractivity contribution is 7.10. The summed E-state index contributed by atoms with van der Waals surface area (Å²) < 4.78 is 0. The number of hydrogen-bond acceptors (Lipinski definition) is 5. The number of thiophene rings is 1. The molecule has 0 bridgehead atoms. The van der Waals surface area contributed by atoms with Crippen LogP contribution in [0.3, 0.4) is 0 Å². The predicted molar refractivity (Wildman–Crippen MR) is 91.3 cm³/mol. The summed E-state index contributed by atoms with van der Waals surface area (Å²) >= 11 is 1.79. The van der Waals surface area contributed by atoms with Crippen LogP contribution in [0.2, 0.25) is 0 Å². The van der Waals surface area contributed by atoms with E-state index in [1.54, 1.807) is 11.3 Å². The van der Waals surface area contributed by atoms with Crippen molar-refractivity contribution >= 4 is 23.0 Å². The highest BCUT2D eigenvalue weighted by Crippen LogP contribution is 2.23. The summed E-state index contributed by atoms with van der Waals surface area (Å²) in [5, 5.41) is 8.68. The molecule has 5 heteroatoms. The van der Waals surface area contributed by atoms with Gasteiger partial charge in [-0.05, 0) is 23.4 Å². The number of aryl methyl sites for hydroxylation is 1. The van der Waals surface area contributed by atoms with Crippen LogP contribution in [-0.2, 0) is 18.4 Å². The Morgan fingerprint density at radius 1 is 1.19 bits per heavy atom. The lowest BCUT2D eigenvalue weighted by molar-refractivity contribution is 0.546. The van der Waals surface area contributed by atoms with Crippen molar-refractivity contribution in [3.63, 3.8) is 0 Å². The van der Waals surface area contributed by atoms with Crippen molar-refractivity contribution in [1.82, 2.24) is 9.97 Å². The molecule has 2 rings (SSSR count). The minimum absolute atomic E-state index is 0.0687. The molecule has 21 heavy (non-hydrogen) atoms. The van der Waals surface area contributed by atoms with Crippen molar-refractivity contribution in [3.8, 4) is 0 Å². The fourth-order valence-electron chi connectivity index (χ4n) is 2.01. The minimum atomic E-state index is -0.0687. The molecule has 0 aliphatic heterocycles. The van der Waals surface area contributed by atoms with Crippen LogP contribution in [0.15, 0.2) is 17.5 Å². The summed E-state index contributed by atoms with van der Waals surface area (Å²) in [6, 6.07) is 4.15. The molecular formula is C16H24N4S. The van der Waals surface area contributed by atoms with Gasteiger partial charge < -0.3 is 10.6 Å². The molecule has 0 aliphatic carbocycles. The molecule has 2 aromatic heterocycles. The first kappa shape index (κ1) is 15.8. The van der Waals surface area contributed by atoms with Gasteiger partial charge in [-0.2, -0.15) is 0 Å². The van der Waals surface area contributed by atoms with Gasteiger partial charge >= 0.3 is 0 Å². The summed E-state index contributed by atoms with van der Waals surface area (Å²) in [5.41, 5.74) is 1.34. The van der Waals surface area contributed by atoms with E-state index in [9.17, 15) is 0 Å². The third-order valence-electron chi connectivity index (χ3n) is 3.30. The number of nitrogens with zero attached hydrogens (tertiary/aromatic N) is 2. The number of aromatic nitrogens is 2. The summed E-state index contributed by atoms with van der Waals surface area (Å²) in [6.45, 7) is 9.37. The Hall–Kier alpha value is -1.62. The second-order valence-corrected chi connectivity index (χ2v) is 7.04. The average molecular weight is 304 g/mol. The quantitative estimate of drug-likeness (QED) is 0.875. The highest BCUT2D eigenvalue weighted by Gasteiger charge is 2.19. The second kappa shape index (κ2) is 6.43. The molecule has 2 aromatic rings. The van der Waals surface area contributed by atoms with Gasteiger partial charge in [0.15, 0.2) is 0 Å². The third kappa shape index (κ3) is 3.94. The smallest absolute Gasteiger partial charge is 0.138 e. The summed E-state index contributed by atoms with van der Waals surface area (Å²) in [7, 11) is 1.88. The van der Waals surface area contributed by atoms with Gasteiger partial charge in [0.1, 0.15) is 17.5 Å². The first-order valence-electron chi connectivity index (χ1n) is 7.30. The van der Waals surface area contributed by atoms with E-state index >= 15 is 0 Å². The number of nitrogens with one attached hydrogen (secondary N) is 2. The van der Waals surface area contributed by atoms with Crippen molar-refractivity contribution in [2.24, 2.45) is 0 Å². The zero-order valence-electron chi connectivity index (χ0n) is 13.4. The van der Waals surface area contributed by atoms with Gasteiger partial charge in [0.25, 0.3) is 0 Å². The fourth-order valence-corrected chi connectivity index (χ4v) is 2.93. The maximum Gasteiger partial charge on any atom is 0.138 e. The zero-order valence-corrected chi connectivity index (χ0v) is 14.3. The lowest BCUT2D eigenvalue weighted by Gasteiger charge is -2.19. The first-order valence-corrected chi connectivity index (χ1v) is 8.18. The second-order valence-electron chi connectivity index (χ2n) is 6.04. The van der Waals surface area contributed by atoms with Crippen LogP contribution in [0.5, 0.6) is 0 Å². The standard InChI is InChI=1S/C16H24N4S/c1-6-11-7-8-21-12(11)10-18-14-9-13(17-5)19-15(20-14)16(2,3)4/h7-9H,6,10H2,1-5H3,(H2,17,18,19,20). The minimum Gasteiger partial charge on any atom is -0.373 e. The molecule has 0 spiro atoms. The third-order valence-corrected chi connectivity index (χ3v) is 4.26. The molecule has 2 N–H and O–H groups in total. The Kier molecular flexibility index (Phi) is 4.83. The van der Waals surface area contributed by atoms with Gasteiger partial charge in [-0.25, -0.2) is 9.97 Å². The van der Waals surface area contributed by atoms with Crippen LogP contribution in [0, 0.1) is 0 Å². The first-order chi connectivity index (χ1) is 9.94. The molecule has 0 atom stereocenters. The van der Waals surface area contributed by atoms with Crippen molar-refractivity contribution < 1.29 is 0 Å². The van der Waals surface area contributed by atoms with Gasteiger partial charge in [-0.1, -0.05) is 27.7 Å². The van der Waals surface area contributed by atoms with Gasteiger partial charge in [-0.3, -0.25) is 0 Å². The Morgan fingerprint density at radius 3 is 2.52 bits per heavy atom. The maximum absolute atomic E-state index is 4.65. The molecule has 4 nitrogen and oxygen atoms in total. The maximum atomic E-state index is 4.65. The Labute approximate surface area is 131 Å².